The largest absolute Gasteiger partial charge is 0.477 e. The van der Waals surface area contributed by atoms with Crippen LogP contribution in [0.15, 0.2) is 10.6 Å². The molecule has 11 heteroatoms. The van der Waals surface area contributed by atoms with Gasteiger partial charge < -0.3 is 36.2 Å². The Morgan fingerprint density at radius 1 is 1.33 bits per heavy atom. The highest BCUT2D eigenvalue weighted by Gasteiger charge is 2.60. The van der Waals surface area contributed by atoms with E-state index in [4.69, 9.17) is 5.73 Å². The zero-order chi connectivity index (χ0) is 24.0. The van der Waals surface area contributed by atoms with Crippen LogP contribution in [0.25, 0.3) is 0 Å². The summed E-state index contributed by atoms with van der Waals surface area (Å²) in [5.41, 5.74) is 5.97. The standard InChI is InChI=1S/C22H34N4O6S/c1-10-18-17(11(2)27)21(30)26(18)19(22(31)32)20(10)33-13-6-14(24-8-13)15(28)7-16(29)25-5-3-4-12(23)9-25/h10-15,17-18,24,27-28H,3-9,23H2,1-2H3,(H,31,32)/t10-,11-,12?,13+,14+,15?,17-,18-/m1/s1. The molecule has 0 bridgehead atoms. The molecule has 0 aliphatic carbocycles. The highest BCUT2D eigenvalue weighted by Crippen LogP contribution is 2.51. The molecule has 3 fully saturated rings. The van der Waals surface area contributed by atoms with Crippen molar-refractivity contribution in [2.45, 2.75) is 75.1 Å². The van der Waals surface area contributed by atoms with Crippen LogP contribution in [0, 0.1) is 11.8 Å². The maximum Gasteiger partial charge on any atom is 0.353 e. The Balaban J connectivity index is 1.37. The third-order valence-corrected chi connectivity index (χ3v) is 8.90. The van der Waals surface area contributed by atoms with Crippen molar-refractivity contribution in [3.63, 3.8) is 0 Å². The monoisotopic (exact) mass is 482 g/mol. The van der Waals surface area contributed by atoms with E-state index >= 15 is 0 Å². The lowest BCUT2D eigenvalue weighted by Crippen LogP contribution is -2.63. The number of piperidine rings is 1. The summed E-state index contributed by atoms with van der Waals surface area (Å²) in [5.74, 6) is -2.35. The number of thioether (sulfide) groups is 1. The van der Waals surface area contributed by atoms with Crippen molar-refractivity contribution in [1.29, 1.82) is 0 Å². The molecule has 0 aromatic carbocycles. The van der Waals surface area contributed by atoms with Crippen LogP contribution in [-0.4, -0.2) is 98.1 Å². The first-order valence-corrected chi connectivity index (χ1v) is 12.6. The number of hydrogen-bond acceptors (Lipinski definition) is 8. The molecule has 0 radical (unpaired) electrons. The highest BCUT2D eigenvalue weighted by atomic mass is 32.2. The van der Waals surface area contributed by atoms with Crippen LogP contribution >= 0.6 is 11.8 Å². The summed E-state index contributed by atoms with van der Waals surface area (Å²) in [4.78, 5) is 40.7. The van der Waals surface area contributed by atoms with E-state index < -0.39 is 24.1 Å². The first-order valence-electron chi connectivity index (χ1n) is 11.7. The van der Waals surface area contributed by atoms with E-state index in [1.807, 2.05) is 6.92 Å². The molecule has 10 nitrogen and oxygen atoms in total. The van der Waals surface area contributed by atoms with Gasteiger partial charge in [-0.05, 0) is 26.2 Å². The number of rotatable bonds is 7. The number of carboxylic acids is 1. The number of amides is 2. The van der Waals surface area contributed by atoms with E-state index in [0.717, 1.165) is 12.8 Å². The first kappa shape index (κ1) is 24.5. The number of carboxylic acid groups (broad SMARTS) is 1. The zero-order valence-electron chi connectivity index (χ0n) is 19.0. The summed E-state index contributed by atoms with van der Waals surface area (Å²) in [6.45, 7) is 5.22. The second-order valence-electron chi connectivity index (χ2n) is 9.78. The molecule has 0 saturated carbocycles. The Morgan fingerprint density at radius 3 is 2.70 bits per heavy atom. The van der Waals surface area contributed by atoms with Crippen LogP contribution in [0.4, 0.5) is 0 Å². The maximum atomic E-state index is 12.6. The number of aliphatic hydroxyl groups is 2. The number of hydrogen-bond donors (Lipinski definition) is 5. The van der Waals surface area contributed by atoms with Gasteiger partial charge in [-0.15, -0.1) is 11.8 Å². The number of fused-ring (bicyclic) bond motifs is 1. The predicted molar refractivity (Wildman–Crippen MR) is 122 cm³/mol. The summed E-state index contributed by atoms with van der Waals surface area (Å²) in [6, 6.07) is -0.614. The summed E-state index contributed by atoms with van der Waals surface area (Å²) in [5, 5.41) is 33.7. The average molecular weight is 483 g/mol. The number of β-lactam (4-membered cyclic amide) rings is 1. The van der Waals surface area contributed by atoms with E-state index in [9.17, 15) is 29.7 Å². The second-order valence-corrected chi connectivity index (χ2v) is 11.1. The Labute approximate surface area is 197 Å². The Hall–Kier alpha value is -1.66. The van der Waals surface area contributed by atoms with Gasteiger partial charge in [0.2, 0.25) is 11.8 Å². The summed E-state index contributed by atoms with van der Waals surface area (Å²) in [6.07, 6.45) is 0.724. The van der Waals surface area contributed by atoms with Gasteiger partial charge in [0.15, 0.2) is 0 Å². The van der Waals surface area contributed by atoms with Crippen LogP contribution in [0.2, 0.25) is 0 Å². The van der Waals surface area contributed by atoms with E-state index in [0.29, 0.717) is 31.0 Å². The van der Waals surface area contributed by atoms with Crippen LogP contribution < -0.4 is 11.1 Å². The molecule has 2 amide bonds. The summed E-state index contributed by atoms with van der Waals surface area (Å²) in [7, 11) is 0. The van der Waals surface area contributed by atoms with Crippen LogP contribution in [0.1, 0.15) is 39.5 Å². The number of nitrogens with zero attached hydrogens (tertiary/aromatic N) is 2. The van der Waals surface area contributed by atoms with Crippen molar-refractivity contribution in [3.8, 4) is 0 Å². The highest BCUT2D eigenvalue weighted by molar-refractivity contribution is 8.03. The van der Waals surface area contributed by atoms with Crippen molar-refractivity contribution < 1.29 is 29.7 Å². The van der Waals surface area contributed by atoms with Gasteiger partial charge in [-0.25, -0.2) is 4.79 Å². The topological polar surface area (TPSA) is 156 Å². The van der Waals surface area contributed by atoms with Crippen molar-refractivity contribution >= 4 is 29.5 Å². The fourth-order valence-corrected chi connectivity index (χ4v) is 7.15. The first-order chi connectivity index (χ1) is 15.6. The number of nitrogens with two attached hydrogens (primary N) is 1. The normalized spacial score (nSPS) is 36.0. The molecule has 4 rings (SSSR count). The molecule has 2 unspecified atom stereocenters. The smallest absolute Gasteiger partial charge is 0.353 e. The summed E-state index contributed by atoms with van der Waals surface area (Å²) < 4.78 is 0. The van der Waals surface area contributed by atoms with E-state index in [2.05, 4.69) is 5.32 Å². The van der Waals surface area contributed by atoms with Gasteiger partial charge in [0, 0.05) is 47.8 Å². The minimum Gasteiger partial charge on any atom is -0.477 e. The third kappa shape index (κ3) is 4.53. The van der Waals surface area contributed by atoms with Crippen molar-refractivity contribution in [1.82, 2.24) is 15.1 Å². The number of carbonyl (C=O) groups excluding carboxylic acids is 2. The fraction of sp³-hybridized carbons (Fsp3) is 0.773. The van der Waals surface area contributed by atoms with E-state index in [-0.39, 0.29) is 53.2 Å². The molecule has 33 heavy (non-hydrogen) atoms. The SMILES string of the molecule is C[C@@H](O)[C@H]1C(=O)N2C(C(=O)O)=C(S[C@@H]3CN[C@H](C(O)CC(=O)N4CCCC(N)C4)C3)[C@H](C)[C@H]12. The molecule has 4 aliphatic heterocycles. The minimum atomic E-state index is -1.14. The van der Waals surface area contributed by atoms with Crippen LogP contribution in [0.5, 0.6) is 0 Å². The quantitative estimate of drug-likeness (QED) is 0.296. The van der Waals surface area contributed by atoms with Crippen molar-refractivity contribution in [2.75, 3.05) is 19.6 Å². The van der Waals surface area contributed by atoms with Crippen molar-refractivity contribution in [3.05, 3.63) is 10.6 Å². The molecule has 3 saturated heterocycles. The Kier molecular flexibility index (Phi) is 7.07. The minimum absolute atomic E-state index is 0.00811. The van der Waals surface area contributed by atoms with Gasteiger partial charge in [-0.2, -0.15) is 0 Å². The number of likely N-dealkylation sites (tertiary alicyclic amines) is 1. The molecule has 0 aromatic heterocycles. The lowest BCUT2D eigenvalue weighted by Gasteiger charge is -2.46. The van der Waals surface area contributed by atoms with E-state index in [1.165, 1.54) is 16.7 Å². The van der Waals surface area contributed by atoms with Crippen molar-refractivity contribution in [2.24, 2.45) is 17.6 Å². The molecular weight excluding hydrogens is 448 g/mol. The molecule has 4 aliphatic rings. The second kappa shape index (κ2) is 9.53. The number of aliphatic carboxylic acids is 1. The molecule has 4 heterocycles. The zero-order valence-corrected chi connectivity index (χ0v) is 19.8. The molecule has 184 valence electrons. The molecule has 0 aromatic rings. The maximum absolute atomic E-state index is 12.6. The number of nitrogens with one attached hydrogen (secondary N) is 1. The van der Waals surface area contributed by atoms with Gasteiger partial charge in [0.1, 0.15) is 5.70 Å². The number of carbonyl (C=O) groups is 3. The van der Waals surface area contributed by atoms with Gasteiger partial charge in [-0.1, -0.05) is 6.92 Å². The van der Waals surface area contributed by atoms with Gasteiger partial charge in [0.25, 0.3) is 0 Å². The third-order valence-electron chi connectivity index (χ3n) is 7.39. The number of aliphatic hydroxyl groups excluding tert-OH is 2. The summed E-state index contributed by atoms with van der Waals surface area (Å²) >= 11 is 1.43. The van der Waals surface area contributed by atoms with Crippen LogP contribution in [0.3, 0.4) is 0 Å². The lowest BCUT2D eigenvalue weighted by atomic mass is 9.79. The molecule has 6 N–H and O–H groups in total. The lowest BCUT2D eigenvalue weighted by molar-refractivity contribution is -0.163. The van der Waals surface area contributed by atoms with Gasteiger partial charge in [-0.3, -0.25) is 9.59 Å². The Bertz CT molecular complexity index is 851. The van der Waals surface area contributed by atoms with Crippen LogP contribution in [-0.2, 0) is 14.4 Å². The molecular formula is C22H34N4O6S. The van der Waals surface area contributed by atoms with E-state index in [1.54, 1.807) is 11.8 Å². The molecule has 8 atom stereocenters. The van der Waals surface area contributed by atoms with Gasteiger partial charge >= 0.3 is 5.97 Å². The molecule has 0 spiro atoms. The predicted octanol–water partition coefficient (Wildman–Crippen LogP) is -0.695. The Morgan fingerprint density at radius 2 is 2.06 bits per heavy atom. The fourth-order valence-electron chi connectivity index (χ4n) is 5.66. The van der Waals surface area contributed by atoms with Gasteiger partial charge in [0.05, 0.1) is 30.6 Å². The average Bonchev–Trinajstić information content (AvgIpc) is 3.30.